The number of aryl methyl sites for hydroxylation is 1. The lowest BCUT2D eigenvalue weighted by molar-refractivity contribution is 0.322. The highest BCUT2D eigenvalue weighted by Crippen LogP contribution is 2.27. The molecule has 5 heteroatoms. The van der Waals surface area contributed by atoms with Gasteiger partial charge in [0.15, 0.2) is 11.6 Å². The summed E-state index contributed by atoms with van der Waals surface area (Å²) >= 11 is 0. The molecule has 0 aliphatic carbocycles. The Morgan fingerprint density at radius 1 is 1.30 bits per heavy atom. The van der Waals surface area contributed by atoms with Gasteiger partial charge < -0.3 is 9.15 Å². The molecule has 0 radical (unpaired) electrons. The topological polar surface area (TPSA) is 38.5 Å². The second-order valence-electron chi connectivity index (χ2n) is 5.14. The van der Waals surface area contributed by atoms with Crippen LogP contribution in [0, 0.1) is 12.7 Å². The molecule has 4 nitrogen and oxygen atoms in total. The van der Waals surface area contributed by atoms with Crippen molar-refractivity contribution in [1.82, 2.24) is 9.88 Å². The molecule has 2 rings (SSSR count). The van der Waals surface area contributed by atoms with Gasteiger partial charge in [-0.15, -0.1) is 13.2 Å². The van der Waals surface area contributed by atoms with Crippen LogP contribution in [0.5, 0.6) is 5.75 Å². The van der Waals surface area contributed by atoms with Crippen molar-refractivity contribution in [2.75, 3.05) is 20.2 Å². The average Bonchev–Trinajstić information content (AvgIpc) is 2.89. The van der Waals surface area contributed by atoms with Gasteiger partial charge in [-0.25, -0.2) is 9.37 Å². The van der Waals surface area contributed by atoms with Crippen LogP contribution in [0.15, 0.2) is 47.9 Å². The molecule has 0 saturated carbocycles. The normalized spacial score (nSPS) is 10.8. The molecule has 0 aliphatic rings. The van der Waals surface area contributed by atoms with Crippen molar-refractivity contribution in [3.63, 3.8) is 0 Å². The molecule has 0 bridgehead atoms. The van der Waals surface area contributed by atoms with Crippen molar-refractivity contribution in [1.29, 1.82) is 0 Å². The predicted molar refractivity (Wildman–Crippen MR) is 88.9 cm³/mol. The van der Waals surface area contributed by atoms with Gasteiger partial charge in [0.25, 0.3) is 0 Å². The number of methoxy groups -OCH3 is 1. The Bertz CT molecular complexity index is 684. The maximum atomic E-state index is 13.5. The summed E-state index contributed by atoms with van der Waals surface area (Å²) in [4.78, 5) is 6.67. The van der Waals surface area contributed by atoms with Gasteiger partial charge >= 0.3 is 0 Å². The Kier molecular flexibility index (Phi) is 5.71. The first kappa shape index (κ1) is 17.0. The number of benzene rings is 1. The first-order valence-corrected chi connectivity index (χ1v) is 7.33. The van der Waals surface area contributed by atoms with E-state index < -0.39 is 5.82 Å². The molecule has 0 spiro atoms. The van der Waals surface area contributed by atoms with Gasteiger partial charge in [0.05, 0.1) is 12.8 Å². The van der Waals surface area contributed by atoms with Crippen LogP contribution in [0.1, 0.15) is 11.5 Å². The highest BCUT2D eigenvalue weighted by Gasteiger charge is 2.15. The minimum Gasteiger partial charge on any atom is -0.494 e. The molecule has 0 saturated heterocycles. The van der Waals surface area contributed by atoms with Crippen LogP contribution in [-0.4, -0.2) is 30.1 Å². The number of nitrogens with zero attached hydrogens (tertiary/aromatic N) is 2. The van der Waals surface area contributed by atoms with E-state index in [1.54, 1.807) is 12.1 Å². The molecule has 1 aromatic carbocycles. The number of oxazole rings is 1. The summed E-state index contributed by atoms with van der Waals surface area (Å²) in [5.74, 6) is 0.942. The molecule has 1 aromatic heterocycles. The zero-order valence-electron chi connectivity index (χ0n) is 13.5. The van der Waals surface area contributed by atoms with Crippen LogP contribution in [0.25, 0.3) is 11.5 Å². The number of aromatic nitrogens is 1. The van der Waals surface area contributed by atoms with E-state index in [0.29, 0.717) is 18.0 Å². The molecule has 122 valence electrons. The molecule has 0 N–H and O–H groups in total. The zero-order chi connectivity index (χ0) is 16.8. The average molecular weight is 316 g/mol. The Hall–Kier alpha value is -2.40. The lowest BCUT2D eigenvalue weighted by atomic mass is 10.2. The van der Waals surface area contributed by atoms with Gasteiger partial charge in [-0.05, 0) is 25.1 Å². The second kappa shape index (κ2) is 7.74. The number of rotatable bonds is 8. The van der Waals surface area contributed by atoms with Crippen molar-refractivity contribution < 1.29 is 13.5 Å². The van der Waals surface area contributed by atoms with Crippen molar-refractivity contribution >= 4 is 0 Å². The van der Waals surface area contributed by atoms with E-state index in [9.17, 15) is 4.39 Å². The molecule has 0 aliphatic heterocycles. The number of ether oxygens (including phenoxy) is 1. The van der Waals surface area contributed by atoms with Crippen LogP contribution in [0.4, 0.5) is 4.39 Å². The standard InChI is InChI=1S/C18H21FN2O2/c1-5-9-21(10-6-2)12-16-13(3)23-18(20-16)14-7-8-15(19)17(11-14)22-4/h5-8,11H,1-2,9-10,12H2,3-4H3. The molecular weight excluding hydrogens is 295 g/mol. The predicted octanol–water partition coefficient (Wildman–Crippen LogP) is 3.97. The minimum absolute atomic E-state index is 0.167. The van der Waals surface area contributed by atoms with E-state index in [1.165, 1.54) is 13.2 Å². The monoisotopic (exact) mass is 316 g/mol. The SMILES string of the molecule is C=CCN(CC=C)Cc1nc(-c2ccc(F)c(OC)c2)oc1C. The van der Waals surface area contributed by atoms with Crippen LogP contribution in [-0.2, 0) is 6.54 Å². The van der Waals surface area contributed by atoms with E-state index in [2.05, 4.69) is 23.0 Å². The molecule has 0 unspecified atom stereocenters. The fourth-order valence-corrected chi connectivity index (χ4v) is 2.27. The van der Waals surface area contributed by atoms with E-state index >= 15 is 0 Å². The molecule has 2 aromatic rings. The molecule has 0 atom stereocenters. The van der Waals surface area contributed by atoms with Crippen molar-refractivity contribution in [2.24, 2.45) is 0 Å². The summed E-state index contributed by atoms with van der Waals surface area (Å²) in [7, 11) is 1.43. The van der Waals surface area contributed by atoms with Gasteiger partial charge in [0.1, 0.15) is 5.76 Å². The highest BCUT2D eigenvalue weighted by molar-refractivity contribution is 5.56. The van der Waals surface area contributed by atoms with E-state index in [1.807, 2.05) is 19.1 Å². The van der Waals surface area contributed by atoms with Gasteiger partial charge in [0.2, 0.25) is 5.89 Å². The smallest absolute Gasteiger partial charge is 0.226 e. The summed E-state index contributed by atoms with van der Waals surface area (Å²) < 4.78 is 24.2. The van der Waals surface area contributed by atoms with Crippen molar-refractivity contribution in [2.45, 2.75) is 13.5 Å². The van der Waals surface area contributed by atoms with E-state index in [4.69, 9.17) is 9.15 Å². The molecular formula is C18H21FN2O2. The summed E-state index contributed by atoms with van der Waals surface area (Å²) in [6.07, 6.45) is 3.68. The van der Waals surface area contributed by atoms with Gasteiger partial charge in [-0.2, -0.15) is 0 Å². The molecule has 0 amide bonds. The Balaban J connectivity index is 2.26. The third kappa shape index (κ3) is 4.07. The van der Waals surface area contributed by atoms with Crippen LogP contribution in [0.2, 0.25) is 0 Å². The first-order chi connectivity index (χ1) is 11.1. The lowest BCUT2D eigenvalue weighted by Crippen LogP contribution is -2.23. The maximum absolute atomic E-state index is 13.5. The fourth-order valence-electron chi connectivity index (χ4n) is 2.27. The Morgan fingerprint density at radius 2 is 2.00 bits per heavy atom. The summed E-state index contributed by atoms with van der Waals surface area (Å²) in [5, 5.41) is 0. The van der Waals surface area contributed by atoms with Crippen LogP contribution < -0.4 is 4.74 Å². The highest BCUT2D eigenvalue weighted by atomic mass is 19.1. The van der Waals surface area contributed by atoms with Gasteiger partial charge in [0, 0.05) is 25.2 Å². The second-order valence-corrected chi connectivity index (χ2v) is 5.14. The molecule has 23 heavy (non-hydrogen) atoms. The fraction of sp³-hybridized carbons (Fsp3) is 0.278. The molecule has 0 fully saturated rings. The zero-order valence-corrected chi connectivity index (χ0v) is 13.5. The lowest BCUT2D eigenvalue weighted by Gasteiger charge is -2.17. The molecule has 1 heterocycles. The van der Waals surface area contributed by atoms with Crippen molar-refractivity contribution in [3.05, 3.63) is 60.8 Å². The number of hydrogen-bond donors (Lipinski definition) is 0. The summed E-state index contributed by atoms with van der Waals surface area (Å²) in [5.41, 5.74) is 1.52. The number of hydrogen-bond acceptors (Lipinski definition) is 4. The van der Waals surface area contributed by atoms with Crippen LogP contribution in [0.3, 0.4) is 0 Å². The quantitative estimate of drug-likeness (QED) is 0.691. The van der Waals surface area contributed by atoms with Gasteiger partial charge in [-0.1, -0.05) is 12.2 Å². The number of halogens is 1. The van der Waals surface area contributed by atoms with Crippen molar-refractivity contribution in [3.8, 4) is 17.2 Å². The van der Waals surface area contributed by atoms with Gasteiger partial charge in [-0.3, -0.25) is 4.90 Å². The maximum Gasteiger partial charge on any atom is 0.226 e. The largest absolute Gasteiger partial charge is 0.494 e. The van der Waals surface area contributed by atoms with E-state index in [0.717, 1.165) is 24.5 Å². The van der Waals surface area contributed by atoms with E-state index in [-0.39, 0.29) is 5.75 Å². The Labute approximate surface area is 135 Å². The summed E-state index contributed by atoms with van der Waals surface area (Å²) in [6, 6.07) is 4.54. The third-order valence-corrected chi connectivity index (χ3v) is 3.44. The minimum atomic E-state index is -0.414. The Morgan fingerprint density at radius 3 is 2.61 bits per heavy atom. The summed E-state index contributed by atoms with van der Waals surface area (Å²) in [6.45, 7) is 11.5. The first-order valence-electron chi connectivity index (χ1n) is 7.33. The van der Waals surface area contributed by atoms with Crippen LogP contribution >= 0.6 is 0 Å². The third-order valence-electron chi connectivity index (χ3n) is 3.44.